The van der Waals surface area contributed by atoms with Crippen molar-refractivity contribution in [3.05, 3.63) is 168 Å². The second kappa shape index (κ2) is 14.7. The van der Waals surface area contributed by atoms with Crippen LogP contribution >= 0.6 is 11.3 Å². The second-order valence-electron chi connectivity index (χ2n) is 12.4. The Kier molecular flexibility index (Phi) is 9.69. The van der Waals surface area contributed by atoms with Crippen molar-refractivity contribution < 1.29 is 19.1 Å². The maximum absolute atomic E-state index is 14.6. The third-order valence-electron chi connectivity index (χ3n) is 8.98. The second-order valence-corrected chi connectivity index (χ2v) is 13.4. The Hall–Kier alpha value is -6.06. The number of rotatable bonds is 9. The molecule has 0 saturated heterocycles. The molecule has 7 rings (SSSR count). The third-order valence-corrected chi connectivity index (χ3v) is 9.96. The molecular weight excluding hydrogens is 671 g/mol. The van der Waals surface area contributed by atoms with Crippen molar-refractivity contribution in [3.63, 3.8) is 0 Å². The van der Waals surface area contributed by atoms with Crippen molar-refractivity contribution in [3.8, 4) is 28.2 Å². The summed E-state index contributed by atoms with van der Waals surface area (Å²) in [6, 6.07) is 36.6. The molecule has 260 valence electrons. The molecule has 0 saturated carbocycles. The van der Waals surface area contributed by atoms with E-state index in [2.05, 4.69) is 10.6 Å². The van der Waals surface area contributed by atoms with Gasteiger partial charge in [0.05, 0.1) is 52.0 Å². The molecule has 3 heterocycles. The molecule has 0 N–H and O–H groups in total. The number of hydrogen-bond acceptors (Lipinski definition) is 7. The van der Waals surface area contributed by atoms with Crippen LogP contribution in [0.15, 0.2) is 136 Å². The third kappa shape index (κ3) is 6.47. The summed E-state index contributed by atoms with van der Waals surface area (Å²) in [4.78, 5) is 45.8. The van der Waals surface area contributed by atoms with Crippen LogP contribution in [-0.2, 0) is 14.3 Å². The Balaban J connectivity index is 1.48. The van der Waals surface area contributed by atoms with Crippen LogP contribution in [0.1, 0.15) is 53.9 Å². The number of benzene rings is 4. The fourth-order valence-corrected chi connectivity index (χ4v) is 7.62. The number of esters is 2. The Labute approximate surface area is 305 Å². The van der Waals surface area contributed by atoms with Gasteiger partial charge in [0.15, 0.2) is 4.80 Å². The maximum Gasteiger partial charge on any atom is 0.338 e. The smallest absolute Gasteiger partial charge is 0.338 e. The van der Waals surface area contributed by atoms with E-state index in [9.17, 15) is 14.4 Å². The molecule has 0 spiro atoms. The molecule has 1 atom stereocenters. The lowest BCUT2D eigenvalue weighted by Gasteiger charge is -2.24. The molecule has 6 aromatic rings. The average Bonchev–Trinajstić information content (AvgIpc) is 3.69. The van der Waals surface area contributed by atoms with Crippen LogP contribution in [0, 0.1) is 6.92 Å². The molecule has 8 nitrogen and oxygen atoms in total. The first-order valence-electron chi connectivity index (χ1n) is 17.2. The van der Waals surface area contributed by atoms with Gasteiger partial charge in [0.1, 0.15) is 0 Å². The first kappa shape index (κ1) is 34.4. The van der Waals surface area contributed by atoms with Crippen LogP contribution in [-0.4, -0.2) is 34.3 Å². The number of allylic oxidation sites excluding steroid dienone is 1. The quantitative estimate of drug-likeness (QED) is 0.146. The fourth-order valence-electron chi connectivity index (χ4n) is 6.58. The van der Waals surface area contributed by atoms with Crippen LogP contribution in [0.25, 0.3) is 34.3 Å². The van der Waals surface area contributed by atoms with E-state index in [-0.39, 0.29) is 18.1 Å². The summed E-state index contributed by atoms with van der Waals surface area (Å²) in [5.74, 6) is -0.872. The number of nitrogens with zero attached hydrogens (tertiary/aromatic N) is 3. The SMILES string of the molecule is CCOC(=O)C1=C(C)N=c2s/c(=C\c3cc(-c4ccccc4)n(-c4ccc(C(=O)OCC)cc4)c3-c3ccccc3)c(=O)n2[C@H]1c1ccc(C)cc1. The van der Waals surface area contributed by atoms with Gasteiger partial charge in [-0.3, -0.25) is 9.36 Å². The zero-order valence-corrected chi connectivity index (χ0v) is 30.1. The van der Waals surface area contributed by atoms with Crippen molar-refractivity contribution in [2.75, 3.05) is 13.2 Å². The average molecular weight is 708 g/mol. The first-order valence-corrected chi connectivity index (χ1v) is 18.0. The first-order chi connectivity index (χ1) is 25.3. The Morgan fingerprint density at radius 2 is 1.40 bits per heavy atom. The Bertz CT molecular complexity index is 2490. The molecule has 9 heteroatoms. The van der Waals surface area contributed by atoms with Gasteiger partial charge in [-0.1, -0.05) is 102 Å². The van der Waals surface area contributed by atoms with Crippen LogP contribution in [0.3, 0.4) is 0 Å². The van der Waals surface area contributed by atoms with Crippen molar-refractivity contribution in [2.45, 2.75) is 33.7 Å². The van der Waals surface area contributed by atoms with Crippen LogP contribution in [0.4, 0.5) is 0 Å². The molecule has 1 aliphatic heterocycles. The van der Waals surface area contributed by atoms with Gasteiger partial charge in [-0.15, -0.1) is 0 Å². The number of hydrogen-bond donors (Lipinski definition) is 0. The van der Waals surface area contributed by atoms with E-state index in [1.165, 1.54) is 11.3 Å². The summed E-state index contributed by atoms with van der Waals surface area (Å²) in [6.07, 6.45) is 1.91. The van der Waals surface area contributed by atoms with Gasteiger partial charge in [-0.2, -0.15) is 0 Å². The van der Waals surface area contributed by atoms with Crippen LogP contribution in [0.5, 0.6) is 0 Å². The minimum atomic E-state index is -0.700. The molecule has 0 bridgehead atoms. The van der Waals surface area contributed by atoms with Gasteiger partial charge in [-0.25, -0.2) is 14.6 Å². The molecule has 0 aliphatic carbocycles. The number of thiazole rings is 1. The summed E-state index contributed by atoms with van der Waals surface area (Å²) in [6.45, 7) is 7.83. The summed E-state index contributed by atoms with van der Waals surface area (Å²) >= 11 is 1.29. The van der Waals surface area contributed by atoms with Gasteiger partial charge in [0.2, 0.25) is 0 Å². The number of carbonyl (C=O) groups excluding carboxylic acids is 2. The van der Waals surface area contributed by atoms with Crippen molar-refractivity contribution in [1.82, 2.24) is 9.13 Å². The molecular formula is C43H37N3O5S. The highest BCUT2D eigenvalue weighted by Crippen LogP contribution is 2.37. The zero-order valence-electron chi connectivity index (χ0n) is 29.3. The molecule has 0 radical (unpaired) electrons. The fraction of sp³-hybridized carbons (Fsp3) is 0.163. The highest BCUT2D eigenvalue weighted by molar-refractivity contribution is 7.07. The summed E-state index contributed by atoms with van der Waals surface area (Å²) < 4.78 is 15.0. The normalized spacial score (nSPS) is 14.2. The van der Waals surface area contributed by atoms with E-state index in [0.717, 1.165) is 44.9 Å². The number of aromatic nitrogens is 2. The van der Waals surface area contributed by atoms with E-state index >= 15 is 0 Å². The summed E-state index contributed by atoms with van der Waals surface area (Å²) in [7, 11) is 0. The van der Waals surface area contributed by atoms with Crippen molar-refractivity contribution >= 4 is 29.4 Å². The number of fused-ring (bicyclic) bond motifs is 1. The standard InChI is InChI=1S/C43H37N3O5S/c1-5-50-41(48)32-21-23-34(24-22-32)45-35(29-13-9-7-10-14-29)25-33(38(45)30-15-11-8-12-16-30)26-36-40(47)46-39(31-19-17-27(3)18-20-31)37(42(49)51-6-2)28(4)44-43(46)52-36/h7-26,39H,5-6H2,1-4H3/b36-26-/t39-/m0/s1. The zero-order chi connectivity index (χ0) is 36.4. The van der Waals surface area contributed by atoms with Gasteiger partial charge >= 0.3 is 11.9 Å². The molecule has 52 heavy (non-hydrogen) atoms. The highest BCUT2D eigenvalue weighted by atomic mass is 32.1. The largest absolute Gasteiger partial charge is 0.463 e. The van der Waals surface area contributed by atoms with E-state index in [1.54, 1.807) is 37.5 Å². The summed E-state index contributed by atoms with van der Waals surface area (Å²) in [5.41, 5.74) is 8.27. The lowest BCUT2D eigenvalue weighted by molar-refractivity contribution is -0.139. The predicted molar refractivity (Wildman–Crippen MR) is 204 cm³/mol. The van der Waals surface area contributed by atoms with E-state index in [1.807, 2.05) is 110 Å². The molecule has 0 unspecified atom stereocenters. The van der Waals surface area contributed by atoms with Gasteiger partial charge in [0.25, 0.3) is 5.56 Å². The molecule has 4 aromatic carbocycles. The molecule has 2 aromatic heterocycles. The van der Waals surface area contributed by atoms with E-state index < -0.39 is 12.0 Å². The van der Waals surface area contributed by atoms with E-state index in [0.29, 0.717) is 32.8 Å². The van der Waals surface area contributed by atoms with Crippen LogP contribution < -0.4 is 14.9 Å². The molecule has 0 amide bonds. The Morgan fingerprint density at radius 3 is 2.04 bits per heavy atom. The number of carbonyl (C=O) groups is 2. The topological polar surface area (TPSA) is 91.9 Å². The minimum absolute atomic E-state index is 0.204. The molecule has 0 fully saturated rings. The monoisotopic (exact) mass is 707 g/mol. The predicted octanol–water partition coefficient (Wildman–Crippen LogP) is 7.41. The lowest BCUT2D eigenvalue weighted by Crippen LogP contribution is -2.39. The lowest BCUT2D eigenvalue weighted by atomic mass is 9.95. The van der Waals surface area contributed by atoms with E-state index in [4.69, 9.17) is 14.5 Å². The Morgan fingerprint density at radius 1 is 0.788 bits per heavy atom. The van der Waals surface area contributed by atoms with Crippen LogP contribution in [0.2, 0.25) is 0 Å². The van der Waals surface area contributed by atoms with Gasteiger partial charge < -0.3 is 14.0 Å². The van der Waals surface area contributed by atoms with Crippen molar-refractivity contribution in [2.24, 2.45) is 4.99 Å². The summed E-state index contributed by atoms with van der Waals surface area (Å²) in [5, 5.41) is 0. The number of aryl methyl sites for hydroxylation is 1. The highest BCUT2D eigenvalue weighted by Gasteiger charge is 2.33. The number of ether oxygens (including phenoxy) is 2. The van der Waals surface area contributed by atoms with Crippen molar-refractivity contribution in [1.29, 1.82) is 0 Å². The maximum atomic E-state index is 14.6. The molecule has 1 aliphatic rings. The van der Waals surface area contributed by atoms with Gasteiger partial charge in [0, 0.05) is 11.3 Å². The minimum Gasteiger partial charge on any atom is -0.463 e. The van der Waals surface area contributed by atoms with Gasteiger partial charge in [-0.05, 0) is 80.8 Å².